The summed E-state index contributed by atoms with van der Waals surface area (Å²) in [5.41, 5.74) is 0.511. The van der Waals surface area contributed by atoms with E-state index in [9.17, 15) is 13.2 Å². The van der Waals surface area contributed by atoms with Crippen molar-refractivity contribution in [1.82, 2.24) is 0 Å². The van der Waals surface area contributed by atoms with Crippen LogP contribution in [-0.2, 0) is 18.6 Å². The van der Waals surface area contributed by atoms with Gasteiger partial charge < -0.3 is 9.47 Å². The topological polar surface area (TPSA) is 69.7 Å². The van der Waals surface area contributed by atoms with Gasteiger partial charge in [0.1, 0.15) is 18.3 Å². The minimum atomic E-state index is -3.83. The number of hydrogen-bond donors (Lipinski definition) is 0. The van der Waals surface area contributed by atoms with E-state index in [1.165, 1.54) is 18.2 Å². The van der Waals surface area contributed by atoms with Crippen LogP contribution in [0.25, 0.3) is 0 Å². The van der Waals surface area contributed by atoms with E-state index >= 15 is 0 Å². The fraction of sp³-hybridized carbons (Fsp3) is 0.500. The molecule has 1 aromatic carbocycles. The molecule has 116 valence electrons. The highest BCUT2D eigenvalue weighted by Gasteiger charge is 2.32. The second-order valence-corrected chi connectivity index (χ2v) is 7.44. The molecule has 0 aromatic heterocycles. The van der Waals surface area contributed by atoms with Crippen LogP contribution in [0.2, 0.25) is 0 Å². The van der Waals surface area contributed by atoms with E-state index in [0.29, 0.717) is 17.9 Å². The molecule has 1 heterocycles. The zero-order valence-electron chi connectivity index (χ0n) is 11.7. The van der Waals surface area contributed by atoms with E-state index in [1.807, 2.05) is 0 Å². The second kappa shape index (κ2) is 6.66. The molecule has 1 aromatic rings. The van der Waals surface area contributed by atoms with Crippen LogP contribution in [0.1, 0.15) is 37.7 Å². The van der Waals surface area contributed by atoms with Crippen LogP contribution in [0.3, 0.4) is 0 Å². The Bertz CT molecular complexity index is 626. The monoisotopic (exact) mass is 332 g/mol. The van der Waals surface area contributed by atoms with Gasteiger partial charge >= 0.3 is 5.97 Å². The molecular weight excluding hydrogens is 316 g/mol. The first-order chi connectivity index (χ1) is 9.93. The van der Waals surface area contributed by atoms with Crippen molar-refractivity contribution in [3.05, 3.63) is 23.8 Å². The number of unbranched alkanes of at least 4 members (excludes halogenated alkanes) is 2. The van der Waals surface area contributed by atoms with Crippen molar-refractivity contribution < 1.29 is 22.7 Å². The molecule has 0 amide bonds. The molecule has 1 aliphatic rings. The summed E-state index contributed by atoms with van der Waals surface area (Å²) < 4.78 is 33.3. The maximum absolute atomic E-state index is 12.0. The maximum atomic E-state index is 12.0. The van der Waals surface area contributed by atoms with Gasteiger partial charge in [0.05, 0.1) is 11.5 Å². The number of benzene rings is 1. The van der Waals surface area contributed by atoms with Crippen molar-refractivity contribution in [3.8, 4) is 5.75 Å². The van der Waals surface area contributed by atoms with E-state index in [1.54, 1.807) is 0 Å². The molecule has 0 spiro atoms. The zero-order valence-corrected chi connectivity index (χ0v) is 13.2. The Morgan fingerprint density at radius 2 is 2.19 bits per heavy atom. The molecule has 21 heavy (non-hydrogen) atoms. The summed E-state index contributed by atoms with van der Waals surface area (Å²) in [6.45, 7) is 2.59. The summed E-state index contributed by atoms with van der Waals surface area (Å²) in [4.78, 5) is 12.0. The van der Waals surface area contributed by atoms with E-state index in [-0.39, 0.29) is 11.5 Å². The molecule has 2 rings (SSSR count). The summed E-state index contributed by atoms with van der Waals surface area (Å²) in [6.07, 6.45) is 2.86. The molecule has 0 aliphatic carbocycles. The van der Waals surface area contributed by atoms with Crippen LogP contribution in [0.5, 0.6) is 5.75 Å². The minimum Gasteiger partial charge on any atom is -0.492 e. The van der Waals surface area contributed by atoms with E-state index in [4.69, 9.17) is 20.2 Å². The third-order valence-corrected chi connectivity index (χ3v) is 4.67. The van der Waals surface area contributed by atoms with Crippen molar-refractivity contribution in [1.29, 1.82) is 0 Å². The number of ether oxygens (including phenoxy) is 2. The van der Waals surface area contributed by atoms with Gasteiger partial charge in [-0.25, -0.2) is 8.42 Å². The van der Waals surface area contributed by atoms with Gasteiger partial charge in [0.25, 0.3) is 9.05 Å². The summed E-state index contributed by atoms with van der Waals surface area (Å²) in [5.74, 6) is -0.497. The normalized spacial score (nSPS) is 17.1. The average Bonchev–Trinajstić information content (AvgIpc) is 2.85. The number of esters is 1. The Kier molecular flexibility index (Phi) is 5.11. The van der Waals surface area contributed by atoms with Gasteiger partial charge in [-0.15, -0.1) is 0 Å². The van der Waals surface area contributed by atoms with Crippen LogP contribution >= 0.6 is 10.7 Å². The maximum Gasteiger partial charge on any atom is 0.317 e. The number of carbonyl (C=O) groups is 1. The molecule has 1 unspecified atom stereocenters. The van der Waals surface area contributed by atoms with Crippen molar-refractivity contribution >= 4 is 25.7 Å². The molecule has 0 fully saturated rings. The average molecular weight is 333 g/mol. The lowest BCUT2D eigenvalue weighted by Gasteiger charge is -2.09. The predicted octanol–water partition coefficient (Wildman–Crippen LogP) is 2.82. The molecule has 0 saturated carbocycles. The van der Waals surface area contributed by atoms with Crippen LogP contribution in [0.4, 0.5) is 0 Å². The molecule has 0 N–H and O–H groups in total. The molecular formula is C14H17ClO5S. The molecule has 0 radical (unpaired) electrons. The zero-order chi connectivity index (χ0) is 15.5. The Balaban J connectivity index is 2.11. The van der Waals surface area contributed by atoms with Gasteiger partial charge in [0.2, 0.25) is 0 Å². The highest BCUT2D eigenvalue weighted by molar-refractivity contribution is 8.13. The van der Waals surface area contributed by atoms with Gasteiger partial charge in [0.15, 0.2) is 0 Å². The highest BCUT2D eigenvalue weighted by Crippen LogP contribution is 2.36. The summed E-state index contributed by atoms with van der Waals surface area (Å²) >= 11 is 0. The van der Waals surface area contributed by atoms with Crippen LogP contribution < -0.4 is 4.74 Å². The third-order valence-electron chi connectivity index (χ3n) is 3.32. The third kappa shape index (κ3) is 3.89. The van der Waals surface area contributed by atoms with Crippen LogP contribution in [0.15, 0.2) is 23.1 Å². The predicted molar refractivity (Wildman–Crippen MR) is 78.2 cm³/mol. The first-order valence-corrected chi connectivity index (χ1v) is 9.12. The van der Waals surface area contributed by atoms with Gasteiger partial charge in [-0.2, -0.15) is 0 Å². The Labute approximate surface area is 128 Å². The summed E-state index contributed by atoms with van der Waals surface area (Å²) in [7, 11) is 1.49. The Morgan fingerprint density at radius 3 is 2.86 bits per heavy atom. The molecule has 0 bridgehead atoms. The standard InChI is InChI=1S/C14H17ClO5S/c1-2-3-4-7-19-14(16)12-9-20-13-6-5-10(8-11(12)13)21(15,17)18/h5-6,8,12H,2-4,7,9H2,1H3. The number of halogens is 1. The Morgan fingerprint density at radius 1 is 1.43 bits per heavy atom. The highest BCUT2D eigenvalue weighted by atomic mass is 35.7. The Hall–Kier alpha value is -1.27. The number of hydrogen-bond acceptors (Lipinski definition) is 5. The number of fused-ring (bicyclic) bond motifs is 1. The van der Waals surface area contributed by atoms with Gasteiger partial charge in [-0.1, -0.05) is 19.8 Å². The summed E-state index contributed by atoms with van der Waals surface area (Å²) in [5, 5.41) is 0. The fourth-order valence-electron chi connectivity index (χ4n) is 2.17. The first-order valence-electron chi connectivity index (χ1n) is 6.81. The van der Waals surface area contributed by atoms with Crippen molar-refractivity contribution in [3.63, 3.8) is 0 Å². The minimum absolute atomic E-state index is 0.0443. The number of rotatable bonds is 6. The van der Waals surface area contributed by atoms with Crippen molar-refractivity contribution in [2.24, 2.45) is 0 Å². The molecule has 0 saturated heterocycles. The van der Waals surface area contributed by atoms with Crippen molar-refractivity contribution in [2.45, 2.75) is 37.0 Å². The number of carbonyl (C=O) groups excluding carboxylic acids is 1. The van der Waals surface area contributed by atoms with Crippen LogP contribution in [0, 0.1) is 0 Å². The van der Waals surface area contributed by atoms with Gasteiger partial charge in [-0.05, 0) is 24.6 Å². The molecule has 1 aliphatic heterocycles. The summed E-state index contributed by atoms with van der Waals surface area (Å²) in [6, 6.07) is 4.24. The quantitative estimate of drug-likeness (QED) is 0.455. The van der Waals surface area contributed by atoms with E-state index < -0.39 is 20.9 Å². The van der Waals surface area contributed by atoms with Crippen LogP contribution in [-0.4, -0.2) is 27.6 Å². The van der Waals surface area contributed by atoms with Gasteiger partial charge in [0, 0.05) is 16.2 Å². The SMILES string of the molecule is CCCCCOC(=O)C1COc2ccc(S(=O)(=O)Cl)cc21. The lowest BCUT2D eigenvalue weighted by molar-refractivity contribution is -0.145. The molecule has 7 heteroatoms. The van der Waals surface area contributed by atoms with Crippen molar-refractivity contribution in [2.75, 3.05) is 13.2 Å². The fourth-order valence-corrected chi connectivity index (χ4v) is 2.95. The largest absolute Gasteiger partial charge is 0.492 e. The smallest absolute Gasteiger partial charge is 0.317 e. The van der Waals surface area contributed by atoms with Gasteiger partial charge in [-0.3, -0.25) is 4.79 Å². The second-order valence-electron chi connectivity index (χ2n) is 4.88. The molecule has 1 atom stereocenters. The van der Waals surface area contributed by atoms with E-state index in [0.717, 1.165) is 19.3 Å². The lowest BCUT2D eigenvalue weighted by Crippen LogP contribution is -2.18. The first kappa shape index (κ1) is 16.1. The van der Waals surface area contributed by atoms with E-state index in [2.05, 4.69) is 6.92 Å². The molecule has 5 nitrogen and oxygen atoms in total. The lowest BCUT2D eigenvalue weighted by atomic mass is 10.0.